The molecule has 1 amide bonds. The van der Waals surface area contributed by atoms with Crippen molar-refractivity contribution in [2.75, 3.05) is 20.2 Å². The van der Waals surface area contributed by atoms with Crippen LogP contribution in [-0.2, 0) is 9.53 Å². The molecule has 0 aromatic heterocycles. The summed E-state index contributed by atoms with van der Waals surface area (Å²) in [5.41, 5.74) is 0. The first-order chi connectivity index (χ1) is 9.31. The number of nitrogens with zero attached hydrogens (tertiary/aromatic N) is 1. The van der Waals surface area contributed by atoms with Crippen molar-refractivity contribution in [1.29, 1.82) is 0 Å². The number of methoxy groups -OCH3 is 1. The van der Waals surface area contributed by atoms with Crippen LogP contribution in [0.25, 0.3) is 0 Å². The molecular weight excluding hydrogens is 273 g/mol. The van der Waals surface area contributed by atoms with Crippen LogP contribution < -0.4 is 5.32 Å². The zero-order valence-electron chi connectivity index (χ0n) is 11.7. The Morgan fingerprint density at radius 3 is 2.55 bits per heavy atom. The van der Waals surface area contributed by atoms with Crippen LogP contribution in [0, 0.1) is 5.92 Å². The van der Waals surface area contributed by atoms with E-state index in [0.717, 1.165) is 17.7 Å². The molecule has 2 fully saturated rings. The van der Waals surface area contributed by atoms with Crippen LogP contribution in [0.1, 0.15) is 26.2 Å². The summed E-state index contributed by atoms with van der Waals surface area (Å²) in [6.07, 6.45) is -2.23. The van der Waals surface area contributed by atoms with E-state index in [1.807, 2.05) is 0 Å². The van der Waals surface area contributed by atoms with Gasteiger partial charge in [0, 0.05) is 19.7 Å². The molecule has 116 valence electrons. The third-order valence-electron chi connectivity index (χ3n) is 4.15. The molecule has 2 aliphatic rings. The second kappa shape index (κ2) is 5.89. The highest BCUT2D eigenvalue weighted by atomic mass is 19.4. The first kappa shape index (κ1) is 15.6. The molecule has 0 aromatic carbocycles. The third kappa shape index (κ3) is 3.85. The summed E-state index contributed by atoms with van der Waals surface area (Å²) in [4.78, 5) is 13.4. The number of alkyl halides is 3. The number of hydrogen-bond donors (Lipinski definition) is 1. The van der Waals surface area contributed by atoms with Crippen LogP contribution in [0.4, 0.5) is 13.2 Å². The van der Waals surface area contributed by atoms with Crippen molar-refractivity contribution < 1.29 is 22.7 Å². The van der Waals surface area contributed by atoms with Crippen LogP contribution in [0.5, 0.6) is 0 Å². The number of amides is 1. The van der Waals surface area contributed by atoms with Gasteiger partial charge in [-0.15, -0.1) is 0 Å². The number of rotatable bonds is 5. The van der Waals surface area contributed by atoms with Crippen LogP contribution in [0.15, 0.2) is 0 Å². The average Bonchev–Trinajstić information content (AvgIpc) is 3.11. The van der Waals surface area contributed by atoms with Gasteiger partial charge in [-0.05, 0) is 32.1 Å². The number of hydrogen-bond acceptors (Lipinski definition) is 3. The van der Waals surface area contributed by atoms with Gasteiger partial charge in [-0.25, -0.2) is 0 Å². The van der Waals surface area contributed by atoms with E-state index in [1.54, 1.807) is 14.0 Å². The molecule has 0 aromatic rings. The minimum Gasteiger partial charge on any atom is -0.380 e. The molecule has 1 N–H and O–H groups in total. The van der Waals surface area contributed by atoms with Gasteiger partial charge in [0.2, 0.25) is 5.91 Å². The van der Waals surface area contributed by atoms with Gasteiger partial charge < -0.3 is 15.0 Å². The monoisotopic (exact) mass is 294 g/mol. The molecule has 1 aliphatic carbocycles. The Bertz CT molecular complexity index is 358. The van der Waals surface area contributed by atoms with Gasteiger partial charge in [-0.2, -0.15) is 13.2 Å². The molecule has 1 aliphatic heterocycles. The smallest absolute Gasteiger partial charge is 0.380 e. The number of carbonyl (C=O) groups excluding carboxylic acids is 1. The minimum atomic E-state index is -4.36. The fourth-order valence-electron chi connectivity index (χ4n) is 2.72. The summed E-state index contributed by atoms with van der Waals surface area (Å²) in [5, 5.41) is 2.95. The molecule has 1 heterocycles. The van der Waals surface area contributed by atoms with E-state index < -0.39 is 24.7 Å². The zero-order chi connectivity index (χ0) is 14.9. The lowest BCUT2D eigenvalue weighted by Crippen LogP contribution is -2.51. The summed E-state index contributed by atoms with van der Waals surface area (Å²) in [6.45, 7) is 1.05. The van der Waals surface area contributed by atoms with Crippen LogP contribution in [0.2, 0.25) is 0 Å². The van der Waals surface area contributed by atoms with E-state index in [1.165, 1.54) is 0 Å². The number of ether oxygens (including phenoxy) is 1. The summed E-state index contributed by atoms with van der Waals surface area (Å²) in [6, 6.07) is -0.920. The largest absolute Gasteiger partial charge is 0.406 e. The second-order valence-corrected chi connectivity index (χ2v) is 5.71. The Balaban J connectivity index is 2.03. The Kier molecular flexibility index (Phi) is 4.59. The quantitative estimate of drug-likeness (QED) is 0.836. The molecule has 7 heteroatoms. The molecule has 1 saturated heterocycles. The molecule has 20 heavy (non-hydrogen) atoms. The zero-order valence-corrected chi connectivity index (χ0v) is 11.7. The van der Waals surface area contributed by atoms with Crippen molar-refractivity contribution in [3.63, 3.8) is 0 Å². The van der Waals surface area contributed by atoms with E-state index >= 15 is 0 Å². The lowest BCUT2D eigenvalue weighted by Gasteiger charge is -2.32. The van der Waals surface area contributed by atoms with Gasteiger partial charge in [-0.1, -0.05) is 0 Å². The van der Waals surface area contributed by atoms with Gasteiger partial charge >= 0.3 is 6.18 Å². The summed E-state index contributed by atoms with van der Waals surface area (Å²) in [5.74, 6) is -0.248. The lowest BCUT2D eigenvalue weighted by atomic mass is 10.1. The Labute approximate surface area is 116 Å². The van der Waals surface area contributed by atoms with E-state index in [4.69, 9.17) is 4.74 Å². The van der Waals surface area contributed by atoms with Crippen molar-refractivity contribution in [3.05, 3.63) is 0 Å². The molecule has 2 rings (SSSR count). The molecular formula is C13H21F3N2O2. The average molecular weight is 294 g/mol. The maximum atomic E-state index is 12.7. The Morgan fingerprint density at radius 2 is 2.10 bits per heavy atom. The van der Waals surface area contributed by atoms with Crippen LogP contribution in [-0.4, -0.2) is 55.4 Å². The number of nitrogens with one attached hydrogen (secondary N) is 1. The standard InChI is InChI=1S/C13H21F3N2O2/c1-8(9-3-4-9)18(7-13(14,15)16)12(19)11-5-10(20-2)6-17-11/h8-11,17H,3-7H2,1-2H3. The predicted octanol–water partition coefficient (Wildman–Crippen LogP) is 1.55. The van der Waals surface area contributed by atoms with Crippen LogP contribution >= 0.6 is 0 Å². The van der Waals surface area contributed by atoms with Gasteiger partial charge in [-0.3, -0.25) is 4.79 Å². The van der Waals surface area contributed by atoms with Crippen molar-refractivity contribution >= 4 is 5.91 Å². The molecule has 0 spiro atoms. The molecule has 3 unspecified atom stereocenters. The fourth-order valence-corrected chi connectivity index (χ4v) is 2.72. The van der Waals surface area contributed by atoms with E-state index in [-0.39, 0.29) is 18.1 Å². The molecule has 0 bridgehead atoms. The molecule has 0 radical (unpaired) electrons. The van der Waals surface area contributed by atoms with E-state index in [2.05, 4.69) is 5.32 Å². The highest BCUT2D eigenvalue weighted by Gasteiger charge is 2.43. The van der Waals surface area contributed by atoms with Crippen molar-refractivity contribution in [3.8, 4) is 0 Å². The minimum absolute atomic E-state index is 0.104. The highest BCUT2D eigenvalue weighted by molar-refractivity contribution is 5.82. The van der Waals surface area contributed by atoms with Gasteiger partial charge in [0.15, 0.2) is 0 Å². The van der Waals surface area contributed by atoms with E-state index in [0.29, 0.717) is 13.0 Å². The summed E-state index contributed by atoms with van der Waals surface area (Å²) < 4.78 is 43.2. The van der Waals surface area contributed by atoms with Gasteiger partial charge in [0.05, 0.1) is 12.1 Å². The van der Waals surface area contributed by atoms with Gasteiger partial charge in [0.25, 0.3) is 0 Å². The summed E-state index contributed by atoms with van der Waals surface area (Å²) in [7, 11) is 1.54. The third-order valence-corrected chi connectivity index (χ3v) is 4.15. The lowest BCUT2D eigenvalue weighted by molar-refractivity contribution is -0.167. The maximum Gasteiger partial charge on any atom is 0.406 e. The van der Waals surface area contributed by atoms with Gasteiger partial charge in [0.1, 0.15) is 6.54 Å². The maximum absolute atomic E-state index is 12.7. The number of halogens is 3. The second-order valence-electron chi connectivity index (χ2n) is 5.71. The topological polar surface area (TPSA) is 41.6 Å². The molecule has 1 saturated carbocycles. The van der Waals surface area contributed by atoms with Crippen molar-refractivity contribution in [1.82, 2.24) is 10.2 Å². The van der Waals surface area contributed by atoms with E-state index in [9.17, 15) is 18.0 Å². The fraction of sp³-hybridized carbons (Fsp3) is 0.923. The van der Waals surface area contributed by atoms with Crippen LogP contribution in [0.3, 0.4) is 0 Å². The SMILES string of the molecule is COC1CNC(C(=O)N(CC(F)(F)F)C(C)C2CC2)C1. The van der Waals surface area contributed by atoms with Crippen molar-refractivity contribution in [2.24, 2.45) is 5.92 Å². The normalized spacial score (nSPS) is 28.4. The molecule has 4 nitrogen and oxygen atoms in total. The first-order valence-electron chi connectivity index (χ1n) is 6.95. The highest BCUT2D eigenvalue weighted by Crippen LogP contribution is 2.36. The Hall–Kier alpha value is -0.820. The first-order valence-corrected chi connectivity index (χ1v) is 6.95. The summed E-state index contributed by atoms with van der Waals surface area (Å²) >= 11 is 0. The number of carbonyl (C=O) groups is 1. The molecule has 3 atom stereocenters. The Morgan fingerprint density at radius 1 is 1.45 bits per heavy atom. The van der Waals surface area contributed by atoms with Crippen molar-refractivity contribution in [2.45, 2.75) is 50.6 Å². The predicted molar refractivity (Wildman–Crippen MR) is 67.2 cm³/mol.